The van der Waals surface area contributed by atoms with Gasteiger partial charge in [-0.3, -0.25) is 4.79 Å². The Balaban J connectivity index is 0.000000535. The minimum atomic E-state index is -1.41. The average molecular weight is 694 g/mol. The molecule has 260 valence electrons. The fourth-order valence-corrected chi connectivity index (χ4v) is 5.91. The summed E-state index contributed by atoms with van der Waals surface area (Å²) in [4.78, 5) is 12.6. The Kier molecular flexibility index (Phi) is 12.5. The van der Waals surface area contributed by atoms with E-state index in [0.29, 0.717) is 37.6 Å². The Morgan fingerprint density at radius 2 is 1.64 bits per heavy atom. The fraction of sp³-hybridized carbons (Fsp3) is 0.263. The Morgan fingerprint density at radius 3 is 2.26 bits per heavy atom. The highest BCUT2D eigenvalue weighted by molar-refractivity contribution is 6.76. The van der Waals surface area contributed by atoms with E-state index in [-0.39, 0.29) is 5.91 Å². The molecule has 3 aromatic carbocycles. The van der Waals surface area contributed by atoms with Crippen molar-refractivity contribution in [3.05, 3.63) is 109 Å². The van der Waals surface area contributed by atoms with E-state index in [1.165, 1.54) is 18.6 Å². The maximum Gasteiger partial charge on any atom is 0.491 e. The van der Waals surface area contributed by atoms with Gasteiger partial charge in [-0.2, -0.15) is 5.10 Å². The highest BCUT2D eigenvalue weighted by Crippen LogP contribution is 2.39. The first-order valence-electron chi connectivity index (χ1n) is 16.7. The predicted molar refractivity (Wildman–Crippen MR) is 200 cm³/mol. The van der Waals surface area contributed by atoms with Crippen LogP contribution in [0, 0.1) is 0 Å². The molecule has 0 aliphatic carbocycles. The van der Waals surface area contributed by atoms with Gasteiger partial charge >= 0.3 is 7.12 Å². The molecule has 10 nitrogen and oxygen atoms in total. The lowest BCUT2D eigenvalue weighted by molar-refractivity contribution is -0.116. The van der Waals surface area contributed by atoms with Gasteiger partial charge in [0.1, 0.15) is 19.1 Å². The SMILES string of the molecule is CCCC(=O)Nc1nn(COCC[Si](C)(C)C)c2cc(-c3ccc(OCc4ccccc4)cc3)c(-c3ccoc3)cc12.OB(O)c1ccoc1. The third kappa shape index (κ3) is 10.1. The molecule has 0 radical (unpaired) electrons. The summed E-state index contributed by atoms with van der Waals surface area (Å²) in [6.07, 6.45) is 7.27. The van der Waals surface area contributed by atoms with Crippen LogP contribution in [0.4, 0.5) is 5.82 Å². The van der Waals surface area contributed by atoms with Crippen LogP contribution in [0.1, 0.15) is 25.3 Å². The molecule has 6 aromatic rings. The standard InChI is InChI=1S/C34H39N3O4Si.C4H5BO3/c1-5-9-33(38)35-34-31-20-29(27-16-17-39-23-27)30(21-32(31)37(36-34)24-40-18-19-42(2,3)4)26-12-14-28(15-13-26)41-22-25-10-7-6-8-11-25;6-5(7)4-1-2-8-3-4/h6-8,10-17,20-21,23H,5,9,18-19,22,24H2,1-4H3,(H,35,36,38);1-3,6-7H. The van der Waals surface area contributed by atoms with E-state index in [1.807, 2.05) is 48.0 Å². The van der Waals surface area contributed by atoms with Gasteiger partial charge in [-0.15, -0.1) is 0 Å². The maximum atomic E-state index is 12.6. The zero-order chi connectivity index (χ0) is 35.5. The topological polar surface area (TPSA) is 132 Å². The lowest BCUT2D eigenvalue weighted by Gasteiger charge is -2.15. The van der Waals surface area contributed by atoms with Gasteiger partial charge < -0.3 is 33.7 Å². The van der Waals surface area contributed by atoms with Gasteiger partial charge in [-0.25, -0.2) is 4.68 Å². The summed E-state index contributed by atoms with van der Waals surface area (Å²) < 4.78 is 24.0. The number of hydrogen-bond donors (Lipinski definition) is 3. The van der Waals surface area contributed by atoms with Crippen LogP contribution in [0.15, 0.2) is 113 Å². The molecule has 12 heteroatoms. The molecule has 50 heavy (non-hydrogen) atoms. The summed E-state index contributed by atoms with van der Waals surface area (Å²) >= 11 is 0. The minimum absolute atomic E-state index is 0.0521. The van der Waals surface area contributed by atoms with E-state index >= 15 is 0 Å². The van der Waals surface area contributed by atoms with Gasteiger partial charge in [0.15, 0.2) is 5.82 Å². The molecule has 0 aliphatic heterocycles. The summed E-state index contributed by atoms with van der Waals surface area (Å²) in [7, 11) is -2.64. The van der Waals surface area contributed by atoms with Crippen molar-refractivity contribution < 1.29 is 33.2 Å². The van der Waals surface area contributed by atoms with Gasteiger partial charge in [-0.05, 0) is 71.1 Å². The number of anilines is 1. The lowest BCUT2D eigenvalue weighted by Crippen LogP contribution is -2.27. The molecule has 6 rings (SSSR count). The molecule has 0 saturated carbocycles. The van der Waals surface area contributed by atoms with E-state index in [2.05, 4.69) is 65.8 Å². The molecule has 0 spiro atoms. The number of carbonyl (C=O) groups is 1. The molecule has 0 atom stereocenters. The molecule has 3 heterocycles. The number of amides is 1. The monoisotopic (exact) mass is 693 g/mol. The van der Waals surface area contributed by atoms with Crippen molar-refractivity contribution in [1.82, 2.24) is 9.78 Å². The van der Waals surface area contributed by atoms with Gasteiger partial charge in [0.05, 0.1) is 30.6 Å². The summed E-state index contributed by atoms with van der Waals surface area (Å²) in [5.74, 6) is 1.29. The normalized spacial score (nSPS) is 11.2. The first-order valence-corrected chi connectivity index (χ1v) is 20.4. The van der Waals surface area contributed by atoms with Crippen molar-refractivity contribution in [1.29, 1.82) is 0 Å². The van der Waals surface area contributed by atoms with Gasteiger partial charge in [0.2, 0.25) is 5.91 Å². The van der Waals surface area contributed by atoms with E-state index in [0.717, 1.165) is 56.9 Å². The van der Waals surface area contributed by atoms with Crippen LogP contribution in [0.5, 0.6) is 5.75 Å². The summed E-state index contributed by atoms with van der Waals surface area (Å²) in [5, 5.41) is 25.5. The first kappa shape index (κ1) is 36.4. The quantitative estimate of drug-likeness (QED) is 0.0787. The van der Waals surface area contributed by atoms with Gasteiger partial charge in [-0.1, -0.05) is 69.0 Å². The molecule has 3 N–H and O–H groups in total. The molecular weight excluding hydrogens is 649 g/mol. The van der Waals surface area contributed by atoms with Crippen LogP contribution >= 0.6 is 0 Å². The van der Waals surface area contributed by atoms with Crippen molar-refractivity contribution in [2.24, 2.45) is 0 Å². The van der Waals surface area contributed by atoms with Crippen LogP contribution < -0.4 is 15.5 Å². The zero-order valence-corrected chi connectivity index (χ0v) is 30.0. The molecule has 3 aromatic heterocycles. The van der Waals surface area contributed by atoms with Crippen molar-refractivity contribution >= 4 is 43.3 Å². The Morgan fingerprint density at radius 1 is 0.920 bits per heavy atom. The molecule has 0 fully saturated rings. The fourth-order valence-electron chi connectivity index (χ4n) is 5.15. The number of aromatic nitrogens is 2. The maximum absolute atomic E-state index is 12.6. The summed E-state index contributed by atoms with van der Waals surface area (Å²) in [5.41, 5.74) is 6.38. The Bertz CT molecular complexity index is 1920. The highest BCUT2D eigenvalue weighted by atomic mass is 28.3. The molecule has 0 unspecified atom stereocenters. The number of hydrogen-bond acceptors (Lipinski definition) is 8. The van der Waals surface area contributed by atoms with E-state index in [9.17, 15) is 4.79 Å². The zero-order valence-electron chi connectivity index (χ0n) is 29.0. The molecule has 1 amide bonds. The van der Waals surface area contributed by atoms with E-state index in [1.54, 1.807) is 12.5 Å². The number of fused-ring (bicyclic) bond motifs is 1. The number of furan rings is 2. The second-order valence-electron chi connectivity index (χ2n) is 13.2. The number of nitrogens with zero attached hydrogens (tertiary/aromatic N) is 2. The van der Waals surface area contributed by atoms with Crippen LogP contribution in [0.25, 0.3) is 33.2 Å². The van der Waals surface area contributed by atoms with E-state index < -0.39 is 15.2 Å². The summed E-state index contributed by atoms with van der Waals surface area (Å²) in [6, 6.07) is 27.0. The molecular formula is C38H44BN3O7Si. The van der Waals surface area contributed by atoms with Crippen LogP contribution in [0.3, 0.4) is 0 Å². The number of ether oxygens (including phenoxy) is 2. The third-order valence-corrected chi connectivity index (χ3v) is 9.63. The molecule has 0 bridgehead atoms. The van der Waals surface area contributed by atoms with Crippen molar-refractivity contribution in [3.63, 3.8) is 0 Å². The number of carbonyl (C=O) groups excluding carboxylic acids is 1. The first-order chi connectivity index (χ1) is 24.1. The van der Waals surface area contributed by atoms with Crippen LogP contribution in [-0.4, -0.2) is 47.5 Å². The number of rotatable bonds is 14. The second kappa shape index (κ2) is 17.2. The molecule has 0 saturated heterocycles. The highest BCUT2D eigenvalue weighted by Gasteiger charge is 2.19. The largest absolute Gasteiger partial charge is 0.491 e. The Hall–Kier alpha value is -4.88. The van der Waals surface area contributed by atoms with Gasteiger partial charge in [0.25, 0.3) is 0 Å². The van der Waals surface area contributed by atoms with Crippen molar-refractivity contribution in [2.45, 2.75) is 58.8 Å². The van der Waals surface area contributed by atoms with Crippen molar-refractivity contribution in [3.8, 4) is 28.0 Å². The van der Waals surface area contributed by atoms with Crippen LogP contribution in [-0.2, 0) is 22.9 Å². The third-order valence-electron chi connectivity index (χ3n) is 7.92. The van der Waals surface area contributed by atoms with Crippen molar-refractivity contribution in [2.75, 3.05) is 11.9 Å². The number of benzene rings is 3. The predicted octanol–water partition coefficient (Wildman–Crippen LogP) is 7.55. The smallest absolute Gasteiger partial charge is 0.489 e. The lowest BCUT2D eigenvalue weighted by atomic mass is 9.83. The summed E-state index contributed by atoms with van der Waals surface area (Å²) in [6.45, 7) is 10.5. The molecule has 0 aliphatic rings. The number of nitrogens with one attached hydrogen (secondary N) is 1. The average Bonchev–Trinajstić information content (AvgIpc) is 3.89. The minimum Gasteiger partial charge on any atom is -0.489 e. The Labute approximate surface area is 293 Å². The van der Waals surface area contributed by atoms with Crippen LogP contribution in [0.2, 0.25) is 25.7 Å². The van der Waals surface area contributed by atoms with E-state index in [4.69, 9.17) is 29.0 Å². The van der Waals surface area contributed by atoms with Gasteiger partial charge in [0, 0.05) is 37.5 Å². The second-order valence-corrected chi connectivity index (χ2v) is 18.8.